The van der Waals surface area contributed by atoms with Crippen LogP contribution >= 0.6 is 0 Å². The Morgan fingerprint density at radius 1 is 0.333 bits per heavy atom. The van der Waals surface area contributed by atoms with Gasteiger partial charge in [-0.05, 0) is 53.1 Å². The molecule has 0 aliphatic rings. The maximum atomic E-state index is 6.57. The molecule has 12 aromatic rings. The van der Waals surface area contributed by atoms with E-state index in [-0.39, 0.29) is 0 Å². The number of benzene rings is 8. The average molecular weight is 731 g/mol. The van der Waals surface area contributed by atoms with Crippen LogP contribution in [-0.4, -0.2) is 19.5 Å². The fraction of sp³-hybridized carbons (Fsp3) is 0. The predicted molar refractivity (Wildman–Crippen MR) is 230 cm³/mol. The van der Waals surface area contributed by atoms with Crippen molar-refractivity contribution in [3.63, 3.8) is 0 Å². The highest BCUT2D eigenvalue weighted by atomic mass is 16.3. The van der Waals surface area contributed by atoms with Crippen molar-refractivity contribution < 1.29 is 8.83 Å². The number of para-hydroxylation sites is 2. The molecule has 4 aromatic heterocycles. The topological polar surface area (TPSA) is 69.9 Å². The molecular formula is C51H30N4O2. The van der Waals surface area contributed by atoms with Gasteiger partial charge in [-0.25, -0.2) is 4.98 Å². The molecule has 6 nitrogen and oxygen atoms in total. The third-order valence-electron chi connectivity index (χ3n) is 11.1. The highest BCUT2D eigenvalue weighted by Gasteiger charge is 2.24. The zero-order valence-electron chi connectivity index (χ0n) is 30.4. The third-order valence-corrected chi connectivity index (χ3v) is 11.1. The summed E-state index contributed by atoms with van der Waals surface area (Å²) in [5.74, 6) is 1.63. The lowest BCUT2D eigenvalue weighted by Crippen LogP contribution is -2.07. The fourth-order valence-electron chi connectivity index (χ4n) is 8.55. The summed E-state index contributed by atoms with van der Waals surface area (Å²) >= 11 is 0. The van der Waals surface area contributed by atoms with Crippen molar-refractivity contribution in [1.29, 1.82) is 0 Å². The zero-order valence-corrected chi connectivity index (χ0v) is 30.4. The summed E-state index contributed by atoms with van der Waals surface area (Å²) < 4.78 is 15.3. The predicted octanol–water partition coefficient (Wildman–Crippen LogP) is 13.4. The first-order valence-electron chi connectivity index (χ1n) is 19.0. The van der Waals surface area contributed by atoms with Crippen LogP contribution in [0, 0.1) is 0 Å². The van der Waals surface area contributed by atoms with Crippen molar-refractivity contribution in [2.75, 3.05) is 0 Å². The van der Waals surface area contributed by atoms with Gasteiger partial charge in [0.05, 0.1) is 16.4 Å². The van der Waals surface area contributed by atoms with Gasteiger partial charge in [0.15, 0.2) is 11.6 Å². The minimum absolute atomic E-state index is 0.510. The van der Waals surface area contributed by atoms with Gasteiger partial charge in [0, 0.05) is 43.6 Å². The van der Waals surface area contributed by atoms with Gasteiger partial charge in [-0.1, -0.05) is 146 Å². The fourth-order valence-corrected chi connectivity index (χ4v) is 8.55. The van der Waals surface area contributed by atoms with E-state index in [9.17, 15) is 0 Å². The molecule has 12 rings (SSSR count). The maximum Gasteiger partial charge on any atom is 0.238 e. The number of aromatic nitrogens is 4. The van der Waals surface area contributed by atoms with Crippen LogP contribution in [0.1, 0.15) is 0 Å². The highest BCUT2D eigenvalue weighted by molar-refractivity contribution is 6.25. The summed E-state index contributed by atoms with van der Waals surface area (Å²) in [5, 5.41) is 6.35. The number of furan rings is 2. The molecule has 0 radical (unpaired) electrons. The average Bonchev–Trinajstić information content (AvgIpc) is 3.96. The van der Waals surface area contributed by atoms with Gasteiger partial charge in [-0.2, -0.15) is 9.97 Å². The molecule has 0 aliphatic heterocycles. The zero-order chi connectivity index (χ0) is 37.5. The van der Waals surface area contributed by atoms with Crippen LogP contribution in [0.2, 0.25) is 0 Å². The smallest absolute Gasteiger partial charge is 0.238 e. The minimum atomic E-state index is 0.510. The SMILES string of the molecule is c1ccc(-c2nc(-c3ccc4c(c3)oc3cccc(-c5ccccc5)c34)nc(-n3c4c(-c5ccccc5)cccc4c4ccc5oc6ccccc6c5c43)n2)cc1. The van der Waals surface area contributed by atoms with Gasteiger partial charge < -0.3 is 8.83 Å². The number of rotatable bonds is 5. The normalized spacial score (nSPS) is 11.9. The summed E-state index contributed by atoms with van der Waals surface area (Å²) in [6.07, 6.45) is 0. The van der Waals surface area contributed by atoms with Gasteiger partial charge in [0.1, 0.15) is 22.3 Å². The Morgan fingerprint density at radius 2 is 0.877 bits per heavy atom. The Kier molecular flexibility index (Phi) is 6.83. The van der Waals surface area contributed by atoms with E-state index in [4.69, 9.17) is 23.8 Å². The van der Waals surface area contributed by atoms with Crippen molar-refractivity contribution in [3.8, 4) is 51.0 Å². The van der Waals surface area contributed by atoms with Crippen LogP contribution in [0.15, 0.2) is 191 Å². The second-order valence-corrected chi connectivity index (χ2v) is 14.3. The number of nitrogens with zero attached hydrogens (tertiary/aromatic N) is 4. The second-order valence-electron chi connectivity index (χ2n) is 14.3. The quantitative estimate of drug-likeness (QED) is 0.176. The molecule has 266 valence electrons. The molecule has 0 saturated carbocycles. The van der Waals surface area contributed by atoms with E-state index in [1.807, 2.05) is 66.7 Å². The molecule has 0 amide bonds. The molecule has 0 N–H and O–H groups in total. The van der Waals surface area contributed by atoms with E-state index in [2.05, 4.69) is 120 Å². The Balaban J connectivity index is 1.17. The summed E-state index contributed by atoms with van der Waals surface area (Å²) in [5.41, 5.74) is 11.4. The lowest BCUT2D eigenvalue weighted by atomic mass is 9.99. The molecule has 4 heterocycles. The first-order chi connectivity index (χ1) is 28.3. The first kappa shape index (κ1) is 31.5. The molecule has 0 saturated heterocycles. The van der Waals surface area contributed by atoms with Crippen LogP contribution in [0.4, 0.5) is 0 Å². The van der Waals surface area contributed by atoms with Crippen molar-refractivity contribution in [1.82, 2.24) is 19.5 Å². The molecule has 8 aromatic carbocycles. The van der Waals surface area contributed by atoms with Crippen molar-refractivity contribution >= 4 is 65.7 Å². The van der Waals surface area contributed by atoms with Gasteiger partial charge in [0.25, 0.3) is 0 Å². The summed E-state index contributed by atoms with van der Waals surface area (Å²) in [7, 11) is 0. The summed E-state index contributed by atoms with van der Waals surface area (Å²) in [6.45, 7) is 0. The maximum absolute atomic E-state index is 6.57. The Bertz CT molecular complexity index is 3510. The molecule has 0 spiro atoms. The van der Waals surface area contributed by atoms with Gasteiger partial charge >= 0.3 is 0 Å². The van der Waals surface area contributed by atoms with Crippen molar-refractivity contribution in [2.45, 2.75) is 0 Å². The third kappa shape index (κ3) is 4.87. The molecular weight excluding hydrogens is 701 g/mol. The number of hydrogen-bond donors (Lipinski definition) is 0. The van der Waals surface area contributed by atoms with E-state index < -0.39 is 0 Å². The van der Waals surface area contributed by atoms with E-state index in [1.54, 1.807) is 0 Å². The molecule has 0 atom stereocenters. The molecule has 57 heavy (non-hydrogen) atoms. The minimum Gasteiger partial charge on any atom is -0.456 e. The first-order valence-corrected chi connectivity index (χ1v) is 19.0. The van der Waals surface area contributed by atoms with Crippen molar-refractivity contribution in [3.05, 3.63) is 182 Å². The molecule has 0 unspecified atom stereocenters. The largest absolute Gasteiger partial charge is 0.456 e. The van der Waals surface area contributed by atoms with Crippen LogP contribution in [0.5, 0.6) is 0 Å². The van der Waals surface area contributed by atoms with Crippen LogP contribution in [-0.2, 0) is 0 Å². The van der Waals surface area contributed by atoms with E-state index in [0.717, 1.165) is 99.1 Å². The van der Waals surface area contributed by atoms with Crippen LogP contribution < -0.4 is 0 Å². The highest BCUT2D eigenvalue weighted by Crippen LogP contribution is 2.44. The van der Waals surface area contributed by atoms with Gasteiger partial charge in [-0.3, -0.25) is 4.57 Å². The standard InChI is InChI=1S/C51H30N4O2/c1-4-14-31(15-5-1)35-21-13-25-42-45(35)40-27-26-34(30-44(40)57-42)50-52-49(33-18-8-3-9-19-33)53-51(54-50)55-47-36(32-16-6-2-7-17-32)22-12-23-37(47)38-28-29-43-46(48(38)55)39-20-10-11-24-41(39)56-43/h1-30H. The Labute approximate surface area is 325 Å². The summed E-state index contributed by atoms with van der Waals surface area (Å²) in [6, 6.07) is 62.5. The van der Waals surface area contributed by atoms with Gasteiger partial charge in [0.2, 0.25) is 5.95 Å². The van der Waals surface area contributed by atoms with Gasteiger partial charge in [-0.15, -0.1) is 0 Å². The number of fused-ring (bicyclic) bond motifs is 10. The van der Waals surface area contributed by atoms with Crippen LogP contribution in [0.25, 0.3) is 117 Å². The van der Waals surface area contributed by atoms with E-state index in [1.165, 1.54) is 0 Å². The molecule has 0 bridgehead atoms. The molecule has 6 heteroatoms. The lowest BCUT2D eigenvalue weighted by molar-refractivity contribution is 0.668. The lowest BCUT2D eigenvalue weighted by Gasteiger charge is -2.13. The van der Waals surface area contributed by atoms with Crippen molar-refractivity contribution in [2.24, 2.45) is 0 Å². The summed E-state index contributed by atoms with van der Waals surface area (Å²) in [4.78, 5) is 15.8. The van der Waals surface area contributed by atoms with E-state index >= 15 is 0 Å². The Hall–Kier alpha value is -7.83. The van der Waals surface area contributed by atoms with Crippen LogP contribution in [0.3, 0.4) is 0 Å². The Morgan fingerprint density at radius 3 is 1.67 bits per heavy atom. The molecule has 0 fully saturated rings. The van der Waals surface area contributed by atoms with E-state index in [0.29, 0.717) is 17.6 Å². The monoisotopic (exact) mass is 730 g/mol. The molecule has 0 aliphatic carbocycles. The second kappa shape index (κ2) is 12.3. The number of hydrogen-bond acceptors (Lipinski definition) is 5.